The molecule has 20 heavy (non-hydrogen) atoms. The molecule has 2 fully saturated rings. The van der Waals surface area contributed by atoms with E-state index in [0.29, 0.717) is 5.88 Å². The normalized spacial score (nSPS) is 21.6. The van der Waals surface area contributed by atoms with Gasteiger partial charge in [-0.1, -0.05) is 30.5 Å². The van der Waals surface area contributed by atoms with Gasteiger partial charge in [-0.25, -0.2) is 0 Å². The van der Waals surface area contributed by atoms with Crippen LogP contribution in [0.2, 0.25) is 5.02 Å². The van der Waals surface area contributed by atoms with Crippen LogP contribution >= 0.6 is 23.2 Å². The van der Waals surface area contributed by atoms with E-state index in [1.54, 1.807) is 0 Å². The van der Waals surface area contributed by atoms with Crippen molar-refractivity contribution in [3.05, 3.63) is 28.8 Å². The number of anilines is 1. The van der Waals surface area contributed by atoms with Crippen LogP contribution in [0.4, 0.5) is 5.69 Å². The number of nitrogens with zero attached hydrogens (tertiary/aromatic N) is 2. The fourth-order valence-electron chi connectivity index (χ4n) is 3.57. The largest absolute Gasteiger partial charge is 0.369 e. The standard InChI is InChI=1S/C16H22Cl2N2/c17-12-14-15(18)6-3-7-16(14)20-10-8-19(9-11-20)13-4-1-2-5-13/h3,6-7,13H,1-2,4-5,8-12H2. The summed E-state index contributed by atoms with van der Waals surface area (Å²) < 4.78 is 0. The summed E-state index contributed by atoms with van der Waals surface area (Å²) in [7, 11) is 0. The highest BCUT2D eigenvalue weighted by atomic mass is 35.5. The van der Waals surface area contributed by atoms with E-state index in [9.17, 15) is 0 Å². The maximum atomic E-state index is 6.26. The van der Waals surface area contributed by atoms with Crippen LogP contribution in [-0.4, -0.2) is 37.1 Å². The first-order valence-corrected chi connectivity index (χ1v) is 8.53. The molecule has 0 N–H and O–H groups in total. The highest BCUT2D eigenvalue weighted by molar-refractivity contribution is 6.32. The zero-order valence-electron chi connectivity index (χ0n) is 11.8. The third kappa shape index (κ3) is 2.93. The summed E-state index contributed by atoms with van der Waals surface area (Å²) >= 11 is 12.3. The summed E-state index contributed by atoms with van der Waals surface area (Å²) in [4.78, 5) is 5.11. The van der Waals surface area contributed by atoms with Crippen LogP contribution in [0.3, 0.4) is 0 Å². The van der Waals surface area contributed by atoms with Crippen molar-refractivity contribution in [2.24, 2.45) is 0 Å². The molecule has 2 aliphatic rings. The molecule has 110 valence electrons. The Kier molecular flexibility index (Phi) is 4.75. The van der Waals surface area contributed by atoms with Crippen molar-refractivity contribution in [1.29, 1.82) is 0 Å². The minimum Gasteiger partial charge on any atom is -0.369 e. The van der Waals surface area contributed by atoms with Gasteiger partial charge in [-0.3, -0.25) is 4.90 Å². The van der Waals surface area contributed by atoms with Gasteiger partial charge < -0.3 is 4.90 Å². The molecule has 2 nitrogen and oxygen atoms in total. The highest BCUT2D eigenvalue weighted by Gasteiger charge is 2.26. The molecule has 0 atom stereocenters. The van der Waals surface area contributed by atoms with Crippen LogP contribution in [-0.2, 0) is 5.88 Å². The van der Waals surface area contributed by atoms with Gasteiger partial charge in [0.05, 0.1) is 5.88 Å². The quantitative estimate of drug-likeness (QED) is 0.774. The molecule has 3 rings (SSSR count). The second kappa shape index (κ2) is 6.55. The van der Waals surface area contributed by atoms with Crippen LogP contribution in [0, 0.1) is 0 Å². The average Bonchev–Trinajstić information content (AvgIpc) is 3.01. The van der Waals surface area contributed by atoms with E-state index in [-0.39, 0.29) is 0 Å². The van der Waals surface area contributed by atoms with Gasteiger partial charge in [-0.2, -0.15) is 0 Å². The van der Waals surface area contributed by atoms with Crippen molar-refractivity contribution in [3.8, 4) is 0 Å². The number of piperazine rings is 1. The van der Waals surface area contributed by atoms with E-state index in [2.05, 4.69) is 15.9 Å². The van der Waals surface area contributed by atoms with Gasteiger partial charge >= 0.3 is 0 Å². The molecular formula is C16H22Cl2N2. The lowest BCUT2D eigenvalue weighted by Crippen LogP contribution is -2.50. The van der Waals surface area contributed by atoms with Crippen molar-refractivity contribution in [2.75, 3.05) is 31.1 Å². The predicted octanol–water partition coefficient (Wildman–Crippen LogP) is 4.14. The lowest BCUT2D eigenvalue weighted by molar-refractivity contribution is 0.187. The van der Waals surface area contributed by atoms with E-state index in [1.165, 1.54) is 44.5 Å². The van der Waals surface area contributed by atoms with Crippen LogP contribution in [0.1, 0.15) is 31.2 Å². The lowest BCUT2D eigenvalue weighted by Gasteiger charge is -2.39. The zero-order valence-corrected chi connectivity index (χ0v) is 13.3. The van der Waals surface area contributed by atoms with Crippen LogP contribution in [0.15, 0.2) is 18.2 Å². The van der Waals surface area contributed by atoms with Crippen LogP contribution in [0.5, 0.6) is 0 Å². The summed E-state index contributed by atoms with van der Waals surface area (Å²) in [5.41, 5.74) is 2.30. The van der Waals surface area contributed by atoms with E-state index < -0.39 is 0 Å². The van der Waals surface area contributed by atoms with Gasteiger partial charge in [0.25, 0.3) is 0 Å². The Balaban J connectivity index is 1.67. The molecule has 0 spiro atoms. The first-order valence-electron chi connectivity index (χ1n) is 7.62. The third-order valence-corrected chi connectivity index (χ3v) is 5.35. The summed E-state index contributed by atoms with van der Waals surface area (Å²) in [5, 5.41) is 0.788. The SMILES string of the molecule is ClCc1c(Cl)cccc1N1CCN(C2CCCC2)CC1. The van der Waals surface area contributed by atoms with Crippen molar-refractivity contribution >= 4 is 28.9 Å². The Morgan fingerprint density at radius 3 is 2.40 bits per heavy atom. The van der Waals surface area contributed by atoms with Gasteiger partial charge in [-0.15, -0.1) is 11.6 Å². The lowest BCUT2D eigenvalue weighted by atomic mass is 10.1. The summed E-state index contributed by atoms with van der Waals surface area (Å²) in [6, 6.07) is 6.94. The Morgan fingerprint density at radius 1 is 1.05 bits per heavy atom. The minimum absolute atomic E-state index is 0.484. The molecule has 0 radical (unpaired) electrons. The Bertz CT molecular complexity index is 450. The number of alkyl halides is 1. The van der Waals surface area contributed by atoms with Crippen LogP contribution in [0.25, 0.3) is 0 Å². The summed E-state index contributed by atoms with van der Waals surface area (Å²) in [6.07, 6.45) is 5.61. The van der Waals surface area contributed by atoms with Gasteiger partial charge in [-0.05, 0) is 25.0 Å². The summed E-state index contributed by atoms with van der Waals surface area (Å²) in [6.45, 7) is 4.50. The Hall–Kier alpha value is -0.440. The maximum absolute atomic E-state index is 6.26. The van der Waals surface area contributed by atoms with E-state index in [1.807, 2.05) is 12.1 Å². The topological polar surface area (TPSA) is 6.48 Å². The number of halogens is 2. The van der Waals surface area contributed by atoms with Gasteiger partial charge in [0.1, 0.15) is 0 Å². The van der Waals surface area contributed by atoms with E-state index in [0.717, 1.165) is 29.7 Å². The molecule has 1 saturated heterocycles. The molecule has 0 aromatic heterocycles. The van der Waals surface area contributed by atoms with Gasteiger partial charge in [0.15, 0.2) is 0 Å². The van der Waals surface area contributed by atoms with Gasteiger partial charge in [0, 0.05) is 48.5 Å². The monoisotopic (exact) mass is 312 g/mol. The number of hydrogen-bond donors (Lipinski definition) is 0. The van der Waals surface area contributed by atoms with Crippen molar-refractivity contribution < 1.29 is 0 Å². The molecule has 1 aromatic rings. The molecule has 0 bridgehead atoms. The minimum atomic E-state index is 0.484. The van der Waals surface area contributed by atoms with Crippen molar-refractivity contribution in [1.82, 2.24) is 4.90 Å². The first-order chi connectivity index (χ1) is 9.79. The molecule has 1 aliphatic carbocycles. The summed E-state index contributed by atoms with van der Waals surface area (Å²) in [5.74, 6) is 0.484. The Labute approximate surface area is 131 Å². The van der Waals surface area contributed by atoms with E-state index in [4.69, 9.17) is 23.2 Å². The highest BCUT2D eigenvalue weighted by Crippen LogP contribution is 2.31. The number of rotatable bonds is 3. The zero-order chi connectivity index (χ0) is 13.9. The average molecular weight is 313 g/mol. The van der Waals surface area contributed by atoms with Crippen molar-refractivity contribution in [3.63, 3.8) is 0 Å². The third-order valence-electron chi connectivity index (χ3n) is 4.72. The first kappa shape index (κ1) is 14.5. The molecule has 0 amide bonds. The van der Waals surface area contributed by atoms with E-state index >= 15 is 0 Å². The van der Waals surface area contributed by atoms with Crippen molar-refractivity contribution in [2.45, 2.75) is 37.6 Å². The molecule has 1 aliphatic heterocycles. The Morgan fingerprint density at radius 2 is 1.75 bits per heavy atom. The predicted molar refractivity (Wildman–Crippen MR) is 87.1 cm³/mol. The fraction of sp³-hybridized carbons (Fsp3) is 0.625. The molecule has 4 heteroatoms. The second-order valence-electron chi connectivity index (χ2n) is 5.83. The van der Waals surface area contributed by atoms with Gasteiger partial charge in [0.2, 0.25) is 0 Å². The molecular weight excluding hydrogens is 291 g/mol. The fourth-order valence-corrected chi connectivity index (χ4v) is 4.16. The number of benzene rings is 1. The molecule has 1 heterocycles. The smallest absolute Gasteiger partial charge is 0.0509 e. The second-order valence-corrected chi connectivity index (χ2v) is 6.51. The molecule has 0 unspecified atom stereocenters. The molecule has 1 aromatic carbocycles. The van der Waals surface area contributed by atoms with Crippen LogP contribution < -0.4 is 4.90 Å². The molecule has 1 saturated carbocycles. The number of hydrogen-bond acceptors (Lipinski definition) is 2. The maximum Gasteiger partial charge on any atom is 0.0509 e.